The minimum absolute atomic E-state index is 0.0747. The molecule has 3 N–H and O–H groups in total. The molecule has 1 aliphatic rings. The highest BCUT2D eigenvalue weighted by Gasteiger charge is 2.19. The average molecular weight is 272 g/mol. The minimum Gasteiger partial charge on any atom is -0.394 e. The van der Waals surface area contributed by atoms with Gasteiger partial charge in [0.1, 0.15) is 0 Å². The van der Waals surface area contributed by atoms with Gasteiger partial charge in [-0.15, -0.1) is 0 Å². The van der Waals surface area contributed by atoms with Crippen LogP contribution >= 0.6 is 0 Å². The standard InChI is InChI=1S/C14H32N4O/c1-14(15,13-19)5-4-6-17-9-11-18(12-10-17)8-7-16(2)3/h19H,4-13,15H2,1-3H3. The number of rotatable bonds is 8. The monoisotopic (exact) mass is 272 g/mol. The summed E-state index contributed by atoms with van der Waals surface area (Å²) in [4.78, 5) is 7.29. The summed E-state index contributed by atoms with van der Waals surface area (Å²) in [5.41, 5.74) is 5.53. The maximum atomic E-state index is 9.12. The average Bonchev–Trinajstić information content (AvgIpc) is 2.37. The summed E-state index contributed by atoms with van der Waals surface area (Å²) in [5, 5.41) is 9.12. The van der Waals surface area contributed by atoms with Crippen molar-refractivity contribution in [2.45, 2.75) is 25.3 Å². The molecule has 5 nitrogen and oxygen atoms in total. The van der Waals surface area contributed by atoms with Crippen LogP contribution in [0.5, 0.6) is 0 Å². The van der Waals surface area contributed by atoms with Crippen molar-refractivity contribution < 1.29 is 5.11 Å². The topological polar surface area (TPSA) is 56.0 Å². The molecule has 0 aliphatic carbocycles. The largest absolute Gasteiger partial charge is 0.394 e. The van der Waals surface area contributed by atoms with Crippen LogP contribution < -0.4 is 5.73 Å². The van der Waals surface area contributed by atoms with Gasteiger partial charge in [-0.2, -0.15) is 0 Å². The van der Waals surface area contributed by atoms with Crippen LogP contribution in [0.1, 0.15) is 19.8 Å². The molecule has 0 amide bonds. The summed E-state index contributed by atoms with van der Waals surface area (Å²) in [6.07, 6.45) is 1.97. The number of likely N-dealkylation sites (N-methyl/N-ethyl adjacent to an activating group) is 1. The van der Waals surface area contributed by atoms with Gasteiger partial charge in [0.2, 0.25) is 0 Å². The van der Waals surface area contributed by atoms with Crippen molar-refractivity contribution in [1.82, 2.24) is 14.7 Å². The zero-order chi connectivity index (χ0) is 14.3. The Morgan fingerprint density at radius 2 is 1.63 bits per heavy atom. The van der Waals surface area contributed by atoms with Gasteiger partial charge < -0.3 is 20.6 Å². The van der Waals surface area contributed by atoms with Crippen molar-refractivity contribution in [2.24, 2.45) is 5.73 Å². The van der Waals surface area contributed by atoms with Gasteiger partial charge in [0, 0.05) is 44.8 Å². The Kier molecular flexibility index (Phi) is 7.25. The van der Waals surface area contributed by atoms with Gasteiger partial charge in [0.25, 0.3) is 0 Å². The first-order valence-corrected chi connectivity index (χ1v) is 7.42. The Labute approximate surface area is 118 Å². The number of piperazine rings is 1. The Morgan fingerprint density at radius 3 is 2.11 bits per heavy atom. The lowest BCUT2D eigenvalue weighted by molar-refractivity contribution is 0.119. The molecule has 0 aromatic carbocycles. The summed E-state index contributed by atoms with van der Waals surface area (Å²) in [7, 11) is 4.25. The van der Waals surface area contributed by atoms with E-state index in [1.807, 2.05) is 6.92 Å². The van der Waals surface area contributed by atoms with Crippen LogP contribution in [0, 0.1) is 0 Å². The van der Waals surface area contributed by atoms with E-state index in [1.165, 1.54) is 19.6 Å². The lowest BCUT2D eigenvalue weighted by atomic mass is 9.98. The van der Waals surface area contributed by atoms with Crippen LogP contribution in [-0.2, 0) is 0 Å². The molecule has 0 saturated carbocycles. The molecule has 1 fully saturated rings. The van der Waals surface area contributed by atoms with Gasteiger partial charge in [0.05, 0.1) is 6.61 Å². The second kappa shape index (κ2) is 8.17. The van der Waals surface area contributed by atoms with Crippen molar-refractivity contribution in [3.8, 4) is 0 Å². The smallest absolute Gasteiger partial charge is 0.0608 e. The number of hydrogen-bond donors (Lipinski definition) is 2. The normalized spacial score (nSPS) is 21.8. The van der Waals surface area contributed by atoms with Crippen molar-refractivity contribution in [1.29, 1.82) is 0 Å². The molecule has 1 heterocycles. The SMILES string of the molecule is CN(C)CCN1CCN(CCCC(C)(N)CO)CC1. The highest BCUT2D eigenvalue weighted by Crippen LogP contribution is 2.10. The van der Waals surface area contributed by atoms with E-state index in [2.05, 4.69) is 28.8 Å². The van der Waals surface area contributed by atoms with Crippen LogP contribution in [0.2, 0.25) is 0 Å². The molecule has 0 spiro atoms. The lowest BCUT2D eigenvalue weighted by Gasteiger charge is -2.35. The molecule has 1 atom stereocenters. The summed E-state index contributed by atoms with van der Waals surface area (Å²) < 4.78 is 0. The first-order chi connectivity index (χ1) is 8.93. The molecule has 114 valence electrons. The van der Waals surface area contributed by atoms with Crippen molar-refractivity contribution in [2.75, 3.05) is 66.5 Å². The lowest BCUT2D eigenvalue weighted by Crippen LogP contribution is -2.48. The van der Waals surface area contributed by atoms with E-state index in [0.29, 0.717) is 0 Å². The second-order valence-corrected chi connectivity index (χ2v) is 6.40. The summed E-state index contributed by atoms with van der Waals surface area (Å²) in [5.74, 6) is 0. The van der Waals surface area contributed by atoms with Gasteiger partial charge in [-0.1, -0.05) is 0 Å². The van der Waals surface area contributed by atoms with Gasteiger partial charge in [0.15, 0.2) is 0 Å². The van der Waals surface area contributed by atoms with Crippen molar-refractivity contribution in [3.05, 3.63) is 0 Å². The molecular weight excluding hydrogens is 240 g/mol. The predicted molar refractivity (Wildman–Crippen MR) is 80.3 cm³/mol. The van der Waals surface area contributed by atoms with E-state index < -0.39 is 5.54 Å². The van der Waals surface area contributed by atoms with E-state index in [9.17, 15) is 0 Å². The van der Waals surface area contributed by atoms with Gasteiger partial charge in [-0.05, 0) is 40.4 Å². The molecule has 0 radical (unpaired) electrons. The zero-order valence-corrected chi connectivity index (χ0v) is 12.9. The second-order valence-electron chi connectivity index (χ2n) is 6.40. The van der Waals surface area contributed by atoms with Crippen LogP contribution in [-0.4, -0.2) is 91.9 Å². The molecule has 1 saturated heterocycles. The third-order valence-electron chi connectivity index (χ3n) is 3.91. The quantitative estimate of drug-likeness (QED) is 0.633. The van der Waals surface area contributed by atoms with Crippen LogP contribution in [0.15, 0.2) is 0 Å². The van der Waals surface area contributed by atoms with Crippen LogP contribution in [0.25, 0.3) is 0 Å². The Morgan fingerprint density at radius 1 is 1.11 bits per heavy atom. The van der Waals surface area contributed by atoms with Gasteiger partial charge in [-0.3, -0.25) is 4.90 Å². The van der Waals surface area contributed by atoms with Gasteiger partial charge in [-0.25, -0.2) is 0 Å². The molecule has 19 heavy (non-hydrogen) atoms. The summed E-state index contributed by atoms with van der Waals surface area (Å²) in [6, 6.07) is 0. The fourth-order valence-corrected chi connectivity index (χ4v) is 2.36. The van der Waals surface area contributed by atoms with E-state index in [-0.39, 0.29) is 6.61 Å². The van der Waals surface area contributed by atoms with Gasteiger partial charge >= 0.3 is 0 Å². The minimum atomic E-state index is -0.409. The third kappa shape index (κ3) is 7.22. The predicted octanol–water partition coefficient (Wildman–Crippen LogP) is -0.344. The summed E-state index contributed by atoms with van der Waals surface area (Å²) in [6.45, 7) is 10.1. The Balaban J connectivity index is 2.10. The number of nitrogens with two attached hydrogens (primary N) is 1. The Bertz CT molecular complexity index is 238. The van der Waals surface area contributed by atoms with E-state index in [0.717, 1.165) is 39.0 Å². The molecule has 0 bridgehead atoms. The van der Waals surface area contributed by atoms with E-state index in [1.54, 1.807) is 0 Å². The molecule has 1 aliphatic heterocycles. The molecule has 0 aromatic heterocycles. The molecule has 5 heteroatoms. The fraction of sp³-hybridized carbons (Fsp3) is 1.00. The molecule has 1 unspecified atom stereocenters. The highest BCUT2D eigenvalue weighted by molar-refractivity contribution is 4.78. The molecular formula is C14H32N4O. The zero-order valence-electron chi connectivity index (χ0n) is 12.9. The first-order valence-electron chi connectivity index (χ1n) is 7.42. The Hall–Kier alpha value is -0.200. The van der Waals surface area contributed by atoms with Crippen molar-refractivity contribution >= 4 is 0 Å². The van der Waals surface area contributed by atoms with E-state index in [4.69, 9.17) is 10.8 Å². The van der Waals surface area contributed by atoms with E-state index >= 15 is 0 Å². The highest BCUT2D eigenvalue weighted by atomic mass is 16.3. The van der Waals surface area contributed by atoms with Crippen LogP contribution in [0.3, 0.4) is 0 Å². The van der Waals surface area contributed by atoms with Crippen LogP contribution in [0.4, 0.5) is 0 Å². The molecule has 0 aromatic rings. The number of nitrogens with zero attached hydrogens (tertiary/aromatic N) is 3. The maximum absolute atomic E-state index is 9.12. The summed E-state index contributed by atoms with van der Waals surface area (Å²) >= 11 is 0. The maximum Gasteiger partial charge on any atom is 0.0608 e. The number of hydrogen-bond acceptors (Lipinski definition) is 5. The first kappa shape index (κ1) is 16.9. The fourth-order valence-electron chi connectivity index (χ4n) is 2.36. The van der Waals surface area contributed by atoms with Crippen molar-refractivity contribution in [3.63, 3.8) is 0 Å². The number of aliphatic hydroxyl groups excluding tert-OH is 1. The number of aliphatic hydroxyl groups is 1. The third-order valence-corrected chi connectivity index (χ3v) is 3.91. The molecule has 1 rings (SSSR count).